The van der Waals surface area contributed by atoms with Crippen molar-refractivity contribution in [3.63, 3.8) is 0 Å². The number of pyridine rings is 1. The standard InChI is InChI=1S/C28H30N6O4/c1-5-33-22(27(30)36)11-19-20(13-32(4)28(37)25(19)33)18-10-21-17(12-31-34(21)14-24(29)35)9-23(18)38-26-15(2)7-6-8-16(26)3/h6-13,24,35H,5,14,29H2,1-4H3,(H2,30,36). The third-order valence-corrected chi connectivity index (χ3v) is 6.82. The van der Waals surface area contributed by atoms with Crippen molar-refractivity contribution in [3.8, 4) is 22.6 Å². The molecule has 0 saturated heterocycles. The second-order valence-electron chi connectivity index (χ2n) is 9.48. The zero-order valence-electron chi connectivity index (χ0n) is 21.7. The molecular formula is C28H30N6O4. The van der Waals surface area contributed by atoms with E-state index >= 15 is 0 Å². The van der Waals surface area contributed by atoms with E-state index in [4.69, 9.17) is 16.2 Å². The molecule has 5 N–H and O–H groups in total. The first-order valence-electron chi connectivity index (χ1n) is 12.3. The highest BCUT2D eigenvalue weighted by Gasteiger charge is 2.23. The van der Waals surface area contributed by atoms with Gasteiger partial charge in [0.05, 0.1) is 18.3 Å². The Hall–Kier alpha value is -4.41. The number of carbonyl (C=O) groups is 1. The van der Waals surface area contributed by atoms with Crippen LogP contribution in [0.2, 0.25) is 0 Å². The van der Waals surface area contributed by atoms with Gasteiger partial charge in [-0.15, -0.1) is 0 Å². The van der Waals surface area contributed by atoms with Crippen molar-refractivity contribution in [2.24, 2.45) is 18.5 Å². The van der Waals surface area contributed by atoms with Gasteiger partial charge in [0.2, 0.25) is 0 Å². The Balaban J connectivity index is 1.87. The number of aliphatic hydroxyl groups is 1. The Labute approximate surface area is 218 Å². The number of aryl methyl sites for hydroxylation is 4. The van der Waals surface area contributed by atoms with Crippen molar-refractivity contribution in [2.75, 3.05) is 0 Å². The van der Waals surface area contributed by atoms with Crippen molar-refractivity contribution < 1.29 is 14.6 Å². The second-order valence-corrected chi connectivity index (χ2v) is 9.48. The number of benzene rings is 2. The molecule has 0 spiro atoms. The molecule has 10 heteroatoms. The highest BCUT2D eigenvalue weighted by atomic mass is 16.5. The first-order chi connectivity index (χ1) is 18.1. The van der Waals surface area contributed by atoms with Crippen LogP contribution in [0, 0.1) is 13.8 Å². The number of hydrogen-bond donors (Lipinski definition) is 3. The first kappa shape index (κ1) is 25.2. The molecule has 0 aliphatic rings. The van der Waals surface area contributed by atoms with Crippen LogP contribution in [0.3, 0.4) is 0 Å². The van der Waals surface area contributed by atoms with Crippen LogP contribution < -0.4 is 21.8 Å². The fraction of sp³-hybridized carbons (Fsp3) is 0.250. The van der Waals surface area contributed by atoms with E-state index in [2.05, 4.69) is 5.10 Å². The molecule has 3 heterocycles. The van der Waals surface area contributed by atoms with E-state index in [1.165, 1.54) is 4.57 Å². The summed E-state index contributed by atoms with van der Waals surface area (Å²) in [6, 6.07) is 11.4. The van der Waals surface area contributed by atoms with Gasteiger partial charge in [-0.05, 0) is 50.1 Å². The number of aromatic nitrogens is 4. The van der Waals surface area contributed by atoms with Gasteiger partial charge in [0.1, 0.15) is 28.9 Å². The topological polar surface area (TPSA) is 143 Å². The lowest BCUT2D eigenvalue weighted by molar-refractivity contribution is 0.0992. The molecule has 3 aromatic heterocycles. The summed E-state index contributed by atoms with van der Waals surface area (Å²) >= 11 is 0. The number of nitrogens with zero attached hydrogens (tertiary/aromatic N) is 4. The van der Waals surface area contributed by atoms with Gasteiger partial charge in [-0.25, -0.2) is 0 Å². The van der Waals surface area contributed by atoms with Gasteiger partial charge in [-0.1, -0.05) is 18.2 Å². The first-order valence-corrected chi connectivity index (χ1v) is 12.3. The van der Waals surface area contributed by atoms with E-state index in [-0.39, 0.29) is 17.8 Å². The summed E-state index contributed by atoms with van der Waals surface area (Å²) < 4.78 is 11.3. The van der Waals surface area contributed by atoms with Crippen LogP contribution in [0.4, 0.5) is 0 Å². The van der Waals surface area contributed by atoms with E-state index in [9.17, 15) is 14.7 Å². The molecule has 196 valence electrons. The summed E-state index contributed by atoms with van der Waals surface area (Å²) in [6.07, 6.45) is 2.33. The minimum absolute atomic E-state index is 0.0980. The lowest BCUT2D eigenvalue weighted by atomic mass is 10.0. The Kier molecular flexibility index (Phi) is 6.29. The smallest absolute Gasteiger partial charge is 0.274 e. The third kappa shape index (κ3) is 4.13. The molecule has 0 aliphatic carbocycles. The molecule has 2 aromatic carbocycles. The summed E-state index contributed by atoms with van der Waals surface area (Å²) in [6.45, 7) is 6.31. The number of amides is 1. The fourth-order valence-corrected chi connectivity index (χ4v) is 5.01. The molecule has 10 nitrogen and oxygen atoms in total. The van der Waals surface area contributed by atoms with Crippen LogP contribution in [-0.4, -0.2) is 36.2 Å². The predicted octanol–water partition coefficient (Wildman–Crippen LogP) is 3.16. The number of rotatable bonds is 7. The van der Waals surface area contributed by atoms with E-state index in [0.717, 1.165) is 27.8 Å². The molecular weight excluding hydrogens is 484 g/mol. The van der Waals surface area contributed by atoms with E-state index in [1.807, 2.05) is 51.1 Å². The largest absolute Gasteiger partial charge is 0.456 e. The number of carbonyl (C=O) groups excluding carboxylic acids is 1. The summed E-state index contributed by atoms with van der Waals surface area (Å²) in [4.78, 5) is 25.5. The van der Waals surface area contributed by atoms with E-state index in [0.29, 0.717) is 34.3 Å². The fourth-order valence-electron chi connectivity index (χ4n) is 5.01. The molecule has 0 fully saturated rings. The Morgan fingerprint density at radius 3 is 2.50 bits per heavy atom. The summed E-state index contributed by atoms with van der Waals surface area (Å²) in [5.41, 5.74) is 15.7. The SMILES string of the molecule is CCn1c(C(N)=O)cc2c(-c3cc4c(cnn4CC(N)O)cc3Oc3c(C)cccc3C)cn(C)c(=O)c21. The predicted molar refractivity (Wildman–Crippen MR) is 146 cm³/mol. The lowest BCUT2D eigenvalue weighted by Crippen LogP contribution is -2.25. The molecule has 0 aliphatic heterocycles. The van der Waals surface area contributed by atoms with Gasteiger partial charge < -0.3 is 30.4 Å². The van der Waals surface area contributed by atoms with E-state index in [1.54, 1.807) is 34.8 Å². The third-order valence-electron chi connectivity index (χ3n) is 6.82. The maximum absolute atomic E-state index is 13.2. The average Bonchev–Trinajstić information content (AvgIpc) is 3.44. The second kappa shape index (κ2) is 9.47. The zero-order chi connectivity index (χ0) is 27.3. The highest BCUT2D eigenvalue weighted by molar-refractivity contribution is 6.04. The van der Waals surface area contributed by atoms with Crippen molar-refractivity contribution in [3.05, 3.63) is 76.0 Å². The lowest BCUT2D eigenvalue weighted by Gasteiger charge is -2.17. The molecule has 1 unspecified atom stereocenters. The highest BCUT2D eigenvalue weighted by Crippen LogP contribution is 2.41. The minimum Gasteiger partial charge on any atom is -0.456 e. The van der Waals surface area contributed by atoms with Gasteiger partial charge in [0, 0.05) is 41.7 Å². The van der Waals surface area contributed by atoms with Crippen LogP contribution >= 0.6 is 0 Å². The summed E-state index contributed by atoms with van der Waals surface area (Å²) in [5, 5.41) is 15.6. The van der Waals surface area contributed by atoms with Crippen LogP contribution in [0.15, 0.2) is 53.6 Å². The van der Waals surface area contributed by atoms with Crippen LogP contribution in [-0.2, 0) is 20.1 Å². The molecule has 1 atom stereocenters. The number of ether oxygens (including phenoxy) is 1. The van der Waals surface area contributed by atoms with Crippen LogP contribution in [0.5, 0.6) is 11.5 Å². The van der Waals surface area contributed by atoms with Gasteiger partial charge >= 0.3 is 0 Å². The Bertz CT molecular complexity index is 1760. The normalized spacial score (nSPS) is 12.4. The van der Waals surface area contributed by atoms with Gasteiger partial charge in [0.15, 0.2) is 0 Å². The van der Waals surface area contributed by atoms with Crippen molar-refractivity contribution in [1.82, 2.24) is 18.9 Å². The molecule has 0 bridgehead atoms. The zero-order valence-corrected chi connectivity index (χ0v) is 21.7. The molecule has 38 heavy (non-hydrogen) atoms. The molecule has 1 amide bonds. The summed E-state index contributed by atoms with van der Waals surface area (Å²) in [7, 11) is 1.67. The Morgan fingerprint density at radius 1 is 1.16 bits per heavy atom. The number of nitrogens with two attached hydrogens (primary N) is 2. The number of hydrogen-bond acceptors (Lipinski definition) is 6. The van der Waals surface area contributed by atoms with Crippen molar-refractivity contribution >= 4 is 27.7 Å². The van der Waals surface area contributed by atoms with Crippen LogP contribution in [0.25, 0.3) is 32.9 Å². The monoisotopic (exact) mass is 514 g/mol. The number of primary amides is 1. The average molecular weight is 515 g/mol. The maximum atomic E-state index is 13.2. The minimum atomic E-state index is -1.09. The number of fused-ring (bicyclic) bond motifs is 2. The quantitative estimate of drug-likeness (QED) is 0.285. The van der Waals surface area contributed by atoms with Crippen LogP contribution in [0.1, 0.15) is 28.5 Å². The van der Waals surface area contributed by atoms with Crippen molar-refractivity contribution in [1.29, 1.82) is 0 Å². The Morgan fingerprint density at radius 2 is 1.87 bits per heavy atom. The van der Waals surface area contributed by atoms with Gasteiger partial charge in [0.25, 0.3) is 11.5 Å². The molecule has 5 aromatic rings. The van der Waals surface area contributed by atoms with Crippen molar-refractivity contribution in [2.45, 2.75) is 40.1 Å². The molecule has 0 saturated carbocycles. The van der Waals surface area contributed by atoms with Gasteiger partial charge in [-0.3, -0.25) is 14.3 Å². The summed E-state index contributed by atoms with van der Waals surface area (Å²) in [5.74, 6) is 0.656. The molecule has 5 rings (SSSR count). The van der Waals surface area contributed by atoms with Gasteiger partial charge in [-0.2, -0.15) is 5.10 Å². The van der Waals surface area contributed by atoms with E-state index < -0.39 is 12.1 Å². The molecule has 0 radical (unpaired) electrons. The maximum Gasteiger partial charge on any atom is 0.274 e. The number of para-hydroxylation sites is 1. The number of aliphatic hydroxyl groups excluding tert-OH is 1.